The maximum atomic E-state index is 13.5. The molecule has 182 valence electrons. The monoisotopic (exact) mass is 493 g/mol. The predicted molar refractivity (Wildman–Crippen MR) is 135 cm³/mol. The van der Waals surface area contributed by atoms with Gasteiger partial charge in [0.1, 0.15) is 11.7 Å². The van der Waals surface area contributed by atoms with Gasteiger partial charge >= 0.3 is 0 Å². The molecule has 35 heavy (non-hydrogen) atoms. The van der Waals surface area contributed by atoms with Crippen LogP contribution in [0.25, 0.3) is 0 Å². The van der Waals surface area contributed by atoms with Gasteiger partial charge in [-0.15, -0.1) is 0 Å². The summed E-state index contributed by atoms with van der Waals surface area (Å²) >= 11 is 1.31. The molecule has 1 unspecified atom stereocenters. The van der Waals surface area contributed by atoms with Crippen molar-refractivity contribution in [3.8, 4) is 0 Å². The number of aromatic nitrogens is 4. The molecule has 3 aromatic heterocycles. The Balaban J connectivity index is 1.49. The maximum absolute atomic E-state index is 13.5. The molecule has 5 rings (SSSR count). The molecule has 12 nitrogen and oxygen atoms in total. The summed E-state index contributed by atoms with van der Waals surface area (Å²) in [6.07, 6.45) is 9.87. The summed E-state index contributed by atoms with van der Waals surface area (Å²) in [5, 5.41) is 7.33. The molecule has 13 heteroatoms. The van der Waals surface area contributed by atoms with E-state index in [4.69, 9.17) is 16.7 Å². The van der Waals surface area contributed by atoms with E-state index in [2.05, 4.69) is 35.7 Å². The van der Waals surface area contributed by atoms with Crippen LogP contribution in [0.3, 0.4) is 0 Å². The molecule has 1 saturated carbocycles. The summed E-state index contributed by atoms with van der Waals surface area (Å²) in [6, 6.07) is 5.62. The van der Waals surface area contributed by atoms with Crippen molar-refractivity contribution < 1.29 is 4.79 Å². The van der Waals surface area contributed by atoms with E-state index in [1.54, 1.807) is 30.5 Å². The van der Waals surface area contributed by atoms with E-state index in [1.165, 1.54) is 11.3 Å². The second-order valence-corrected chi connectivity index (χ2v) is 9.49. The number of amidine groups is 1. The van der Waals surface area contributed by atoms with E-state index in [1.807, 2.05) is 18.2 Å². The standard InChI is InChI=1S/C22H27N11OS/c1-32-16-11-26-21(29-22-27-12-17(35-22)18(30-23)31-24)28-19(16)33(14-7-2-3-8-14)15(20(32)34)10-13-6-4-5-9-25-13/h4-6,9,11-12,14-15H,2-3,7-8,10,23-24H2,1H3,(H,30,31)(H,26,27,28,29). The molecular formula is C22H27N11OS. The number of hydrogen-bond donors (Lipinski definition) is 4. The predicted octanol–water partition coefficient (Wildman–Crippen LogP) is 1.49. The van der Waals surface area contributed by atoms with Crippen LogP contribution in [0, 0.1) is 0 Å². The van der Waals surface area contributed by atoms with Crippen LogP contribution in [0.5, 0.6) is 0 Å². The van der Waals surface area contributed by atoms with Gasteiger partial charge in [0.25, 0.3) is 0 Å². The number of thiazole rings is 1. The number of anilines is 4. The number of hydrazine groups is 1. The number of fused-ring (bicyclic) bond motifs is 1. The lowest BCUT2D eigenvalue weighted by Crippen LogP contribution is -2.57. The van der Waals surface area contributed by atoms with Gasteiger partial charge < -0.3 is 21.1 Å². The first-order valence-corrected chi connectivity index (χ1v) is 12.2. The fraction of sp³-hybridized carbons (Fsp3) is 0.364. The molecule has 1 aliphatic heterocycles. The number of nitrogens with two attached hydrogens (primary N) is 2. The summed E-state index contributed by atoms with van der Waals surface area (Å²) < 4.78 is 0. The van der Waals surface area contributed by atoms with Crippen molar-refractivity contribution in [3.05, 3.63) is 47.4 Å². The van der Waals surface area contributed by atoms with E-state index in [-0.39, 0.29) is 11.9 Å². The molecule has 0 bridgehead atoms. The highest BCUT2D eigenvalue weighted by atomic mass is 32.1. The number of hydrazone groups is 1. The van der Waals surface area contributed by atoms with Crippen LogP contribution in [0.1, 0.15) is 36.3 Å². The van der Waals surface area contributed by atoms with Crippen LogP contribution in [0.4, 0.5) is 22.6 Å². The molecule has 1 fully saturated rings. The van der Waals surface area contributed by atoms with Crippen molar-refractivity contribution in [1.82, 2.24) is 25.4 Å². The molecule has 1 amide bonds. The summed E-state index contributed by atoms with van der Waals surface area (Å²) in [7, 11) is 1.77. The van der Waals surface area contributed by atoms with Gasteiger partial charge in [0.05, 0.1) is 17.3 Å². The fourth-order valence-corrected chi connectivity index (χ4v) is 5.45. The van der Waals surface area contributed by atoms with Crippen molar-refractivity contribution >= 4 is 45.7 Å². The number of rotatable bonds is 6. The zero-order chi connectivity index (χ0) is 24.4. The van der Waals surface area contributed by atoms with E-state index in [9.17, 15) is 4.79 Å². The van der Waals surface area contributed by atoms with Crippen LogP contribution in [0.15, 0.2) is 41.9 Å². The zero-order valence-corrected chi connectivity index (χ0v) is 20.1. The third-order valence-electron chi connectivity index (χ3n) is 6.38. The minimum absolute atomic E-state index is 0.0202. The normalized spacial score (nSPS) is 18.6. The fourth-order valence-electron chi connectivity index (χ4n) is 4.68. The average Bonchev–Trinajstić information content (AvgIpc) is 3.57. The Labute approximate surface area is 206 Å². The Morgan fingerprint density at radius 1 is 1.23 bits per heavy atom. The van der Waals surface area contributed by atoms with Gasteiger partial charge in [-0.2, -0.15) is 10.1 Å². The minimum atomic E-state index is -0.390. The van der Waals surface area contributed by atoms with Gasteiger partial charge in [0, 0.05) is 31.4 Å². The van der Waals surface area contributed by atoms with Gasteiger partial charge in [-0.05, 0) is 25.0 Å². The molecular weight excluding hydrogens is 466 g/mol. The van der Waals surface area contributed by atoms with E-state index >= 15 is 0 Å². The molecule has 0 aromatic carbocycles. The van der Waals surface area contributed by atoms with Gasteiger partial charge in [-0.3, -0.25) is 15.1 Å². The lowest BCUT2D eigenvalue weighted by Gasteiger charge is -2.43. The SMILES string of the molecule is CN1C(=O)C(Cc2ccccn2)N(C2CCCC2)c2nc(Nc3ncc(/C(=N/N)NN)s3)ncc21. The molecule has 6 N–H and O–H groups in total. The van der Waals surface area contributed by atoms with Crippen molar-refractivity contribution in [2.75, 3.05) is 22.2 Å². The highest BCUT2D eigenvalue weighted by molar-refractivity contribution is 7.17. The molecule has 1 atom stereocenters. The Hall–Kier alpha value is -3.84. The number of nitrogens with zero attached hydrogens (tertiary/aromatic N) is 7. The molecule has 3 aromatic rings. The van der Waals surface area contributed by atoms with Crippen LogP contribution in [-0.4, -0.2) is 50.8 Å². The van der Waals surface area contributed by atoms with E-state index in [0.29, 0.717) is 33.9 Å². The van der Waals surface area contributed by atoms with Gasteiger partial charge in [-0.1, -0.05) is 30.2 Å². The second-order valence-electron chi connectivity index (χ2n) is 8.46. The summed E-state index contributed by atoms with van der Waals surface area (Å²) in [4.78, 5) is 36.1. The lowest BCUT2D eigenvalue weighted by molar-refractivity contribution is -0.120. The smallest absolute Gasteiger partial charge is 0.250 e. The Bertz CT molecular complexity index is 1230. The molecule has 0 radical (unpaired) electrons. The second kappa shape index (κ2) is 9.80. The molecule has 4 heterocycles. The van der Waals surface area contributed by atoms with Crippen molar-refractivity contribution in [1.29, 1.82) is 0 Å². The Morgan fingerprint density at radius 2 is 2.06 bits per heavy atom. The molecule has 2 aliphatic rings. The molecule has 0 spiro atoms. The average molecular weight is 494 g/mol. The number of carbonyl (C=O) groups excluding carboxylic acids is 1. The van der Waals surface area contributed by atoms with Crippen molar-refractivity contribution in [2.45, 2.75) is 44.2 Å². The lowest BCUT2D eigenvalue weighted by atomic mass is 10.0. The summed E-state index contributed by atoms with van der Waals surface area (Å²) in [6.45, 7) is 0. The number of nitrogens with one attached hydrogen (secondary N) is 2. The van der Waals surface area contributed by atoms with Crippen molar-refractivity contribution in [3.63, 3.8) is 0 Å². The van der Waals surface area contributed by atoms with Gasteiger partial charge in [0.15, 0.2) is 16.8 Å². The number of carbonyl (C=O) groups is 1. The van der Waals surface area contributed by atoms with Gasteiger partial charge in [0.2, 0.25) is 11.9 Å². The first-order valence-electron chi connectivity index (χ1n) is 11.4. The first-order chi connectivity index (χ1) is 17.1. The van der Waals surface area contributed by atoms with Crippen LogP contribution in [-0.2, 0) is 11.2 Å². The highest BCUT2D eigenvalue weighted by Crippen LogP contribution is 2.40. The first kappa shape index (κ1) is 22.9. The topological polar surface area (TPSA) is 164 Å². The summed E-state index contributed by atoms with van der Waals surface area (Å²) in [5.41, 5.74) is 4.01. The van der Waals surface area contributed by atoms with E-state index in [0.717, 1.165) is 37.2 Å². The number of hydrogen-bond acceptors (Lipinski definition) is 11. The maximum Gasteiger partial charge on any atom is 0.250 e. The Morgan fingerprint density at radius 3 is 2.77 bits per heavy atom. The number of pyridine rings is 1. The van der Waals surface area contributed by atoms with Crippen molar-refractivity contribution in [2.24, 2.45) is 16.8 Å². The van der Waals surface area contributed by atoms with Crippen LogP contribution < -0.4 is 32.2 Å². The quantitative estimate of drug-likeness (QED) is 0.171. The Kier molecular flexibility index (Phi) is 6.42. The molecule has 1 aliphatic carbocycles. The van der Waals surface area contributed by atoms with E-state index < -0.39 is 6.04 Å². The number of amides is 1. The number of likely N-dealkylation sites (N-methyl/N-ethyl adjacent to an activating group) is 1. The largest absolute Gasteiger partial charge is 0.339 e. The minimum Gasteiger partial charge on any atom is -0.339 e. The van der Waals surface area contributed by atoms with Crippen LogP contribution in [0.2, 0.25) is 0 Å². The third-order valence-corrected chi connectivity index (χ3v) is 7.30. The third kappa shape index (κ3) is 4.47. The van der Waals surface area contributed by atoms with Crippen LogP contribution >= 0.6 is 11.3 Å². The van der Waals surface area contributed by atoms with Gasteiger partial charge in [-0.25, -0.2) is 15.8 Å². The highest BCUT2D eigenvalue weighted by Gasteiger charge is 2.42. The zero-order valence-electron chi connectivity index (χ0n) is 19.3. The molecule has 0 saturated heterocycles. The summed E-state index contributed by atoms with van der Waals surface area (Å²) in [5.74, 6) is 12.3.